The molecule has 0 amide bonds. The molecule has 0 radical (unpaired) electrons. The second-order valence-electron chi connectivity index (χ2n) is 7.19. The third-order valence-electron chi connectivity index (χ3n) is 4.34. The molecule has 1 atom stereocenters. The maximum absolute atomic E-state index is 9.19. The molecule has 9 nitrogen and oxygen atoms in total. The van der Waals surface area contributed by atoms with Gasteiger partial charge in [0.25, 0.3) is 10.1 Å². The Bertz CT molecular complexity index is 1130. The number of aromatic nitrogens is 4. The number of benzene rings is 1. The Kier molecular flexibility index (Phi) is 8.99. The van der Waals surface area contributed by atoms with Crippen molar-refractivity contribution in [2.45, 2.75) is 33.2 Å². The Balaban J connectivity index is 0.000000654. The van der Waals surface area contributed by atoms with E-state index in [9.17, 15) is 8.42 Å². The van der Waals surface area contributed by atoms with Crippen molar-refractivity contribution in [3.05, 3.63) is 52.9 Å². The van der Waals surface area contributed by atoms with Gasteiger partial charge in [-0.25, -0.2) is 9.97 Å². The van der Waals surface area contributed by atoms with Crippen LogP contribution in [0.25, 0.3) is 11.3 Å². The second-order valence-corrected chi connectivity index (χ2v) is 9.04. The van der Waals surface area contributed by atoms with Gasteiger partial charge < -0.3 is 10.1 Å². The predicted molar refractivity (Wildman–Crippen MR) is 126 cm³/mol. The number of nitrogens with zero attached hydrogens (tertiary/aromatic N) is 4. The number of nitrogens with one attached hydrogen (secondary N) is 1. The molecule has 174 valence electrons. The average Bonchev–Trinajstić information content (AvgIpc) is 3.00. The number of ether oxygens (including phenoxy) is 1. The summed E-state index contributed by atoms with van der Waals surface area (Å²) < 4.78 is 33.7. The van der Waals surface area contributed by atoms with Crippen LogP contribution in [0, 0.1) is 6.92 Å². The normalized spacial score (nSPS) is 12.0. The van der Waals surface area contributed by atoms with E-state index in [1.807, 2.05) is 50.7 Å². The monoisotopic (exact) mass is 481 g/mol. The lowest BCUT2D eigenvalue weighted by atomic mass is 10.1. The van der Waals surface area contributed by atoms with E-state index in [1.165, 1.54) is 6.33 Å². The lowest BCUT2D eigenvalue weighted by Gasteiger charge is -2.16. The van der Waals surface area contributed by atoms with E-state index < -0.39 is 10.1 Å². The molecule has 0 aliphatic rings. The average molecular weight is 482 g/mol. The van der Waals surface area contributed by atoms with Gasteiger partial charge in [-0.15, -0.1) is 5.10 Å². The molecule has 3 aromatic rings. The summed E-state index contributed by atoms with van der Waals surface area (Å²) in [4.78, 5) is 8.41. The van der Waals surface area contributed by atoms with Crippen LogP contribution in [0.15, 0.2) is 36.7 Å². The van der Waals surface area contributed by atoms with Crippen LogP contribution in [-0.4, -0.2) is 51.6 Å². The Morgan fingerprint density at radius 2 is 1.88 bits per heavy atom. The van der Waals surface area contributed by atoms with Gasteiger partial charge in [-0.2, -0.15) is 8.42 Å². The zero-order valence-electron chi connectivity index (χ0n) is 18.7. The summed E-state index contributed by atoms with van der Waals surface area (Å²) in [7, 11) is -1.74. The first-order chi connectivity index (χ1) is 15.0. The van der Waals surface area contributed by atoms with E-state index >= 15 is 0 Å². The first kappa shape index (κ1) is 25.6. The molecule has 0 aliphatic carbocycles. The summed E-state index contributed by atoms with van der Waals surface area (Å²) in [6, 6.07) is 10.2. The first-order valence-electron chi connectivity index (χ1n) is 9.91. The smallest absolute Gasteiger partial charge is 0.261 e. The van der Waals surface area contributed by atoms with Crippen LogP contribution in [0.3, 0.4) is 0 Å². The fourth-order valence-electron chi connectivity index (χ4n) is 2.97. The summed E-state index contributed by atoms with van der Waals surface area (Å²) >= 11 is 6.34. The molecule has 0 saturated heterocycles. The van der Waals surface area contributed by atoms with E-state index in [4.69, 9.17) is 20.9 Å². The Morgan fingerprint density at radius 1 is 1.25 bits per heavy atom. The number of rotatable bonds is 7. The lowest BCUT2D eigenvalue weighted by molar-refractivity contribution is 0.288. The van der Waals surface area contributed by atoms with Crippen LogP contribution in [0.5, 0.6) is 5.88 Å². The highest BCUT2D eigenvalue weighted by Gasteiger charge is 2.17. The van der Waals surface area contributed by atoms with Gasteiger partial charge in [0, 0.05) is 18.2 Å². The number of hydrogen-bond donors (Lipinski definition) is 2. The largest absolute Gasteiger partial charge is 0.474 e. The highest BCUT2D eigenvalue weighted by atomic mass is 35.5. The lowest BCUT2D eigenvalue weighted by Crippen LogP contribution is -2.24. The highest BCUT2D eigenvalue weighted by Crippen LogP contribution is 2.29. The first-order valence-corrected chi connectivity index (χ1v) is 12.1. The maximum Gasteiger partial charge on any atom is 0.261 e. The molecule has 32 heavy (non-hydrogen) atoms. The summed E-state index contributed by atoms with van der Waals surface area (Å²) in [5.41, 5.74) is 4.02. The zero-order chi connectivity index (χ0) is 23.9. The minimum atomic E-state index is -3.67. The predicted octanol–water partition coefficient (Wildman–Crippen LogP) is 3.78. The molecule has 2 aromatic heterocycles. The molecule has 0 aliphatic heterocycles. The summed E-state index contributed by atoms with van der Waals surface area (Å²) in [6.45, 7) is 6.49. The second kappa shape index (κ2) is 11.3. The minimum Gasteiger partial charge on any atom is -0.474 e. The van der Waals surface area contributed by atoms with Gasteiger partial charge in [-0.05, 0) is 20.3 Å². The van der Waals surface area contributed by atoms with Gasteiger partial charge in [-0.3, -0.25) is 9.23 Å². The summed E-state index contributed by atoms with van der Waals surface area (Å²) in [6.07, 6.45) is 3.00. The van der Waals surface area contributed by atoms with Gasteiger partial charge in [0.1, 0.15) is 23.8 Å². The molecule has 0 fully saturated rings. The van der Waals surface area contributed by atoms with Crippen molar-refractivity contribution < 1.29 is 17.7 Å². The van der Waals surface area contributed by atoms with Crippen molar-refractivity contribution in [3.8, 4) is 17.1 Å². The summed E-state index contributed by atoms with van der Waals surface area (Å²) in [5, 5.41) is 8.37. The van der Waals surface area contributed by atoms with Crippen molar-refractivity contribution in [1.82, 2.24) is 19.7 Å². The molecule has 11 heteroatoms. The van der Waals surface area contributed by atoms with Crippen LogP contribution in [0.4, 0.5) is 5.82 Å². The number of aryl methyl sites for hydroxylation is 2. The van der Waals surface area contributed by atoms with Crippen LogP contribution < -0.4 is 10.1 Å². The minimum absolute atomic E-state index is 0.00341. The molecule has 0 spiro atoms. The SMILES string of the molecule is CCc1ncnc(NC(C)COc2nn(C)c(-c3ccccc3)c2C)c1Cl.CS(=O)(=O)O. The highest BCUT2D eigenvalue weighted by molar-refractivity contribution is 7.85. The quantitative estimate of drug-likeness (QED) is 0.489. The van der Waals surface area contributed by atoms with Crippen LogP contribution in [-0.2, 0) is 23.6 Å². The van der Waals surface area contributed by atoms with Gasteiger partial charge in [-0.1, -0.05) is 48.9 Å². The van der Waals surface area contributed by atoms with Crippen molar-refractivity contribution in [1.29, 1.82) is 0 Å². The molecule has 0 bridgehead atoms. The molecule has 3 rings (SSSR count). The van der Waals surface area contributed by atoms with Crippen LogP contribution in [0.1, 0.15) is 25.1 Å². The summed E-state index contributed by atoms with van der Waals surface area (Å²) in [5.74, 6) is 1.26. The van der Waals surface area contributed by atoms with E-state index in [0.717, 1.165) is 28.9 Å². The fraction of sp³-hybridized carbons (Fsp3) is 0.381. The van der Waals surface area contributed by atoms with Gasteiger partial charge in [0.05, 0.1) is 23.7 Å². The topological polar surface area (TPSA) is 119 Å². The number of halogens is 1. The standard InChI is InChI=1S/C20H24ClN5O.CH4O3S/c1-5-16-17(21)19(23-12-22-16)24-13(2)11-27-20-14(3)18(26(4)25-20)15-9-7-6-8-10-15;1-5(2,3)4/h6-10,12-13H,5,11H2,1-4H3,(H,22,23,24);1H3,(H,2,3,4). The zero-order valence-corrected chi connectivity index (χ0v) is 20.3. The van der Waals surface area contributed by atoms with Crippen molar-refractivity contribution in [2.24, 2.45) is 7.05 Å². The van der Waals surface area contributed by atoms with Crippen molar-refractivity contribution >= 4 is 27.5 Å². The van der Waals surface area contributed by atoms with E-state index in [1.54, 1.807) is 0 Å². The third kappa shape index (κ3) is 7.47. The van der Waals surface area contributed by atoms with Crippen LogP contribution >= 0.6 is 11.6 Å². The van der Waals surface area contributed by atoms with Gasteiger partial charge in [0.15, 0.2) is 0 Å². The van der Waals surface area contributed by atoms with Crippen LogP contribution in [0.2, 0.25) is 5.02 Å². The Morgan fingerprint density at radius 3 is 2.47 bits per heavy atom. The van der Waals surface area contributed by atoms with Crippen molar-refractivity contribution in [3.63, 3.8) is 0 Å². The molecule has 1 aromatic carbocycles. The number of hydrogen-bond acceptors (Lipinski definition) is 7. The third-order valence-corrected chi connectivity index (χ3v) is 4.73. The van der Waals surface area contributed by atoms with E-state index in [-0.39, 0.29) is 6.04 Å². The number of anilines is 1. The Hall–Kier alpha value is -2.69. The molecule has 1 unspecified atom stereocenters. The molecular formula is C21H28ClN5O4S. The van der Waals surface area contributed by atoms with Crippen molar-refractivity contribution in [2.75, 3.05) is 18.2 Å². The Labute approximate surface area is 193 Å². The molecule has 2 heterocycles. The van der Waals surface area contributed by atoms with E-state index in [0.29, 0.717) is 29.6 Å². The molecule has 0 saturated carbocycles. The van der Waals surface area contributed by atoms with Gasteiger partial charge >= 0.3 is 0 Å². The maximum atomic E-state index is 9.19. The molecule has 2 N–H and O–H groups in total. The van der Waals surface area contributed by atoms with Gasteiger partial charge in [0.2, 0.25) is 5.88 Å². The fourth-order valence-corrected chi connectivity index (χ4v) is 3.26. The molecular weight excluding hydrogens is 454 g/mol. The van der Waals surface area contributed by atoms with E-state index in [2.05, 4.69) is 32.5 Å².